The molecule has 0 radical (unpaired) electrons. The average molecular weight is 287 g/mol. The Balaban J connectivity index is 1.90. The van der Waals surface area contributed by atoms with E-state index in [0.717, 1.165) is 22.5 Å². The first-order chi connectivity index (χ1) is 10.0. The summed E-state index contributed by atoms with van der Waals surface area (Å²) in [7, 11) is 0. The van der Waals surface area contributed by atoms with Gasteiger partial charge >= 0.3 is 0 Å². The van der Waals surface area contributed by atoms with Crippen LogP contribution in [-0.4, -0.2) is 9.97 Å². The second-order valence-corrected chi connectivity index (χ2v) is 5.06. The molecule has 2 aromatic carbocycles. The van der Waals surface area contributed by atoms with Crippen molar-refractivity contribution in [3.05, 3.63) is 59.4 Å². The molecule has 5 heteroatoms. The highest BCUT2D eigenvalue weighted by Crippen LogP contribution is 2.25. The van der Waals surface area contributed by atoms with Crippen LogP contribution in [0.4, 0.5) is 14.5 Å². The summed E-state index contributed by atoms with van der Waals surface area (Å²) in [6, 6.07) is 9.00. The summed E-state index contributed by atoms with van der Waals surface area (Å²) in [5.41, 5.74) is 2.57. The van der Waals surface area contributed by atoms with Crippen LogP contribution in [-0.2, 0) is 0 Å². The third-order valence-corrected chi connectivity index (χ3v) is 3.42. The fraction of sp³-hybridized carbons (Fsp3) is 0.188. The van der Waals surface area contributed by atoms with Crippen molar-refractivity contribution in [2.45, 2.75) is 19.9 Å². The Bertz CT molecular complexity index is 775. The van der Waals surface area contributed by atoms with E-state index in [9.17, 15) is 8.78 Å². The molecule has 0 saturated heterocycles. The summed E-state index contributed by atoms with van der Waals surface area (Å²) in [5.74, 6) is -0.266. The van der Waals surface area contributed by atoms with E-state index in [1.165, 1.54) is 18.2 Å². The van der Waals surface area contributed by atoms with Crippen LogP contribution in [0.25, 0.3) is 11.0 Å². The van der Waals surface area contributed by atoms with Gasteiger partial charge in [0, 0.05) is 11.3 Å². The van der Waals surface area contributed by atoms with E-state index in [-0.39, 0.29) is 5.56 Å². The van der Waals surface area contributed by atoms with Gasteiger partial charge in [-0.3, -0.25) is 0 Å². The van der Waals surface area contributed by atoms with Crippen LogP contribution >= 0.6 is 0 Å². The summed E-state index contributed by atoms with van der Waals surface area (Å²) in [6.07, 6.45) is 0. The lowest BCUT2D eigenvalue weighted by molar-refractivity contribution is 0.544. The Hall–Kier alpha value is -2.43. The smallest absolute Gasteiger partial charge is 0.131 e. The predicted molar refractivity (Wildman–Crippen MR) is 79.2 cm³/mol. The molecular formula is C16H15F2N3. The third kappa shape index (κ3) is 2.59. The van der Waals surface area contributed by atoms with Gasteiger partial charge in [-0.1, -0.05) is 6.07 Å². The standard InChI is InChI=1S/C16H15F2N3/c1-9(16-12(17)4-3-5-13(16)18)19-11-6-7-14-15(8-11)21-10(2)20-14/h3-9,19H,1-2H3,(H,20,21). The molecule has 0 fully saturated rings. The molecule has 0 aliphatic heterocycles. The van der Waals surface area contributed by atoms with Crippen molar-refractivity contribution in [2.24, 2.45) is 0 Å². The minimum atomic E-state index is -0.548. The first-order valence-electron chi connectivity index (χ1n) is 6.71. The zero-order valence-electron chi connectivity index (χ0n) is 11.7. The van der Waals surface area contributed by atoms with E-state index < -0.39 is 17.7 Å². The molecule has 0 amide bonds. The van der Waals surface area contributed by atoms with E-state index in [0.29, 0.717) is 0 Å². The van der Waals surface area contributed by atoms with Gasteiger partial charge in [-0.05, 0) is 44.2 Å². The third-order valence-electron chi connectivity index (χ3n) is 3.42. The number of H-pyrrole nitrogens is 1. The van der Waals surface area contributed by atoms with Gasteiger partial charge in [-0.15, -0.1) is 0 Å². The summed E-state index contributed by atoms with van der Waals surface area (Å²) >= 11 is 0. The SMILES string of the molecule is Cc1nc2ccc(NC(C)c3c(F)cccc3F)cc2[nH]1. The van der Waals surface area contributed by atoms with Gasteiger partial charge in [-0.2, -0.15) is 0 Å². The number of imidazole rings is 1. The van der Waals surface area contributed by atoms with Gasteiger partial charge in [-0.25, -0.2) is 13.8 Å². The summed E-state index contributed by atoms with van der Waals surface area (Å²) < 4.78 is 27.5. The van der Waals surface area contributed by atoms with Gasteiger partial charge in [0.25, 0.3) is 0 Å². The molecule has 108 valence electrons. The van der Waals surface area contributed by atoms with E-state index in [1.807, 2.05) is 25.1 Å². The minimum absolute atomic E-state index is 0.0402. The Morgan fingerprint density at radius 2 is 1.86 bits per heavy atom. The van der Waals surface area contributed by atoms with E-state index in [4.69, 9.17) is 0 Å². The van der Waals surface area contributed by atoms with Crippen LogP contribution in [0.2, 0.25) is 0 Å². The number of nitrogens with one attached hydrogen (secondary N) is 2. The molecule has 0 aliphatic rings. The fourth-order valence-corrected chi connectivity index (χ4v) is 2.47. The molecular weight excluding hydrogens is 272 g/mol. The topological polar surface area (TPSA) is 40.7 Å². The average Bonchev–Trinajstić information content (AvgIpc) is 2.77. The number of aryl methyl sites for hydroxylation is 1. The second-order valence-electron chi connectivity index (χ2n) is 5.06. The molecule has 0 spiro atoms. The van der Waals surface area contributed by atoms with Gasteiger partial charge in [0.2, 0.25) is 0 Å². The van der Waals surface area contributed by atoms with Crippen LogP contribution in [0.1, 0.15) is 24.4 Å². The Kier molecular flexibility index (Phi) is 3.33. The van der Waals surface area contributed by atoms with Crippen molar-refractivity contribution in [2.75, 3.05) is 5.32 Å². The molecule has 0 saturated carbocycles. The molecule has 1 heterocycles. The van der Waals surface area contributed by atoms with Gasteiger partial charge in [0.15, 0.2) is 0 Å². The number of aromatic amines is 1. The summed E-state index contributed by atoms with van der Waals surface area (Å²) in [6.45, 7) is 3.61. The largest absolute Gasteiger partial charge is 0.378 e. The fourth-order valence-electron chi connectivity index (χ4n) is 2.47. The maximum absolute atomic E-state index is 13.8. The van der Waals surface area contributed by atoms with Gasteiger partial charge in [0.05, 0.1) is 17.1 Å². The lowest BCUT2D eigenvalue weighted by Gasteiger charge is -2.17. The van der Waals surface area contributed by atoms with E-state index in [1.54, 1.807) is 6.92 Å². The normalized spacial score (nSPS) is 12.6. The van der Waals surface area contributed by atoms with Crippen LogP contribution in [0.15, 0.2) is 36.4 Å². The number of hydrogen-bond donors (Lipinski definition) is 2. The number of halogens is 2. The van der Waals surface area contributed by atoms with E-state index >= 15 is 0 Å². The highest BCUT2D eigenvalue weighted by atomic mass is 19.1. The quantitative estimate of drug-likeness (QED) is 0.753. The number of anilines is 1. The first kappa shape index (κ1) is 13.5. The van der Waals surface area contributed by atoms with E-state index in [2.05, 4.69) is 15.3 Å². The Morgan fingerprint density at radius 3 is 2.57 bits per heavy atom. The molecule has 2 N–H and O–H groups in total. The molecule has 1 unspecified atom stereocenters. The molecule has 0 bridgehead atoms. The highest BCUT2D eigenvalue weighted by Gasteiger charge is 2.16. The van der Waals surface area contributed by atoms with Crippen LogP contribution in [0, 0.1) is 18.6 Å². The molecule has 0 aliphatic carbocycles. The van der Waals surface area contributed by atoms with Crippen molar-refractivity contribution in [1.29, 1.82) is 0 Å². The first-order valence-corrected chi connectivity index (χ1v) is 6.71. The zero-order valence-corrected chi connectivity index (χ0v) is 11.7. The molecule has 3 rings (SSSR count). The Morgan fingerprint density at radius 1 is 1.14 bits per heavy atom. The zero-order chi connectivity index (χ0) is 15.0. The highest BCUT2D eigenvalue weighted by molar-refractivity contribution is 5.79. The van der Waals surface area contributed by atoms with Crippen LogP contribution < -0.4 is 5.32 Å². The Labute approximate surface area is 121 Å². The number of hydrogen-bond acceptors (Lipinski definition) is 2. The number of fused-ring (bicyclic) bond motifs is 1. The second kappa shape index (κ2) is 5.16. The van der Waals surface area contributed by atoms with Crippen LogP contribution in [0.5, 0.6) is 0 Å². The molecule has 21 heavy (non-hydrogen) atoms. The maximum Gasteiger partial charge on any atom is 0.131 e. The van der Waals surface area contributed by atoms with Crippen LogP contribution in [0.3, 0.4) is 0 Å². The molecule has 3 nitrogen and oxygen atoms in total. The number of rotatable bonds is 3. The summed E-state index contributed by atoms with van der Waals surface area (Å²) in [4.78, 5) is 7.45. The van der Waals surface area contributed by atoms with Gasteiger partial charge < -0.3 is 10.3 Å². The van der Waals surface area contributed by atoms with Crippen molar-refractivity contribution < 1.29 is 8.78 Å². The minimum Gasteiger partial charge on any atom is -0.378 e. The lowest BCUT2D eigenvalue weighted by atomic mass is 10.1. The predicted octanol–water partition coefficient (Wildman–Crippen LogP) is 4.32. The lowest BCUT2D eigenvalue weighted by Crippen LogP contribution is -2.10. The molecule has 1 aromatic heterocycles. The van der Waals surface area contributed by atoms with Gasteiger partial charge in [0.1, 0.15) is 17.5 Å². The van der Waals surface area contributed by atoms with Crippen molar-refractivity contribution >= 4 is 16.7 Å². The number of nitrogens with zero attached hydrogens (tertiary/aromatic N) is 1. The van der Waals surface area contributed by atoms with Crippen molar-refractivity contribution in [3.8, 4) is 0 Å². The van der Waals surface area contributed by atoms with Crippen molar-refractivity contribution in [3.63, 3.8) is 0 Å². The van der Waals surface area contributed by atoms with Crippen molar-refractivity contribution in [1.82, 2.24) is 9.97 Å². The number of benzene rings is 2. The molecule has 1 atom stereocenters. The monoisotopic (exact) mass is 287 g/mol. The maximum atomic E-state index is 13.8. The summed E-state index contributed by atoms with van der Waals surface area (Å²) in [5, 5.41) is 3.11. The number of aromatic nitrogens is 2. The molecule has 3 aromatic rings.